The van der Waals surface area contributed by atoms with Gasteiger partial charge in [-0.25, -0.2) is 8.42 Å². The molecule has 0 radical (unpaired) electrons. The number of benzene rings is 2. The van der Waals surface area contributed by atoms with E-state index in [-0.39, 0.29) is 12.3 Å². The summed E-state index contributed by atoms with van der Waals surface area (Å²) in [6.07, 6.45) is 0. The summed E-state index contributed by atoms with van der Waals surface area (Å²) in [7, 11) is -0.0314. The van der Waals surface area contributed by atoms with Crippen molar-refractivity contribution in [3.63, 3.8) is 0 Å². The van der Waals surface area contributed by atoms with Gasteiger partial charge in [-0.2, -0.15) is 0 Å². The molecule has 0 fully saturated rings. The fourth-order valence-electron chi connectivity index (χ4n) is 2.24. The number of aliphatic imine (C=N–C) groups is 1. The molecule has 0 aromatic heterocycles. The van der Waals surface area contributed by atoms with Crippen LogP contribution in [-0.4, -0.2) is 40.8 Å². The third kappa shape index (κ3) is 5.79. The Balaban J connectivity index is 1.84. The number of nitrogens with zero attached hydrogens (tertiary/aromatic N) is 1. The molecule has 0 atom stereocenters. The standard InChI is InChI=1S/C18H23N3O3S/c1-19-18(21-14-15-7-6-8-16(13-15)24-2)20-11-12-25(22,23)17-9-4-3-5-10-17/h3-10,13H,11-12,14H2,1-2H3,(H2,19,20,21). The Morgan fingerprint density at radius 2 is 1.84 bits per heavy atom. The maximum Gasteiger partial charge on any atom is 0.191 e. The van der Waals surface area contributed by atoms with E-state index in [2.05, 4.69) is 15.6 Å². The number of hydrogen-bond acceptors (Lipinski definition) is 4. The molecule has 0 saturated carbocycles. The number of guanidine groups is 1. The lowest BCUT2D eigenvalue weighted by Crippen LogP contribution is -2.39. The molecule has 2 N–H and O–H groups in total. The zero-order valence-electron chi connectivity index (χ0n) is 14.4. The Morgan fingerprint density at radius 3 is 2.52 bits per heavy atom. The van der Waals surface area contributed by atoms with Gasteiger partial charge in [0.15, 0.2) is 15.8 Å². The molecule has 134 valence electrons. The van der Waals surface area contributed by atoms with Crippen LogP contribution in [0.5, 0.6) is 5.75 Å². The van der Waals surface area contributed by atoms with E-state index < -0.39 is 9.84 Å². The molecule has 0 unspecified atom stereocenters. The third-order valence-electron chi connectivity index (χ3n) is 3.58. The first-order chi connectivity index (χ1) is 12.0. The molecular weight excluding hydrogens is 338 g/mol. The van der Waals surface area contributed by atoms with E-state index in [1.807, 2.05) is 24.3 Å². The molecule has 25 heavy (non-hydrogen) atoms. The molecule has 0 aliphatic rings. The van der Waals surface area contributed by atoms with Crippen LogP contribution in [0.1, 0.15) is 5.56 Å². The van der Waals surface area contributed by atoms with Gasteiger partial charge in [0.1, 0.15) is 5.75 Å². The molecule has 0 aliphatic carbocycles. The van der Waals surface area contributed by atoms with E-state index in [0.717, 1.165) is 11.3 Å². The van der Waals surface area contributed by atoms with Gasteiger partial charge in [0.2, 0.25) is 0 Å². The number of nitrogens with one attached hydrogen (secondary N) is 2. The van der Waals surface area contributed by atoms with Crippen LogP contribution < -0.4 is 15.4 Å². The molecule has 0 aliphatic heterocycles. The van der Waals surface area contributed by atoms with E-state index in [4.69, 9.17) is 4.74 Å². The third-order valence-corrected chi connectivity index (χ3v) is 5.32. The van der Waals surface area contributed by atoms with Crippen molar-refractivity contribution < 1.29 is 13.2 Å². The van der Waals surface area contributed by atoms with Crippen LogP contribution in [0.4, 0.5) is 0 Å². The summed E-state index contributed by atoms with van der Waals surface area (Å²) in [6, 6.07) is 16.1. The zero-order valence-corrected chi connectivity index (χ0v) is 15.2. The van der Waals surface area contributed by atoms with Crippen molar-refractivity contribution in [2.45, 2.75) is 11.4 Å². The first-order valence-corrected chi connectivity index (χ1v) is 9.55. The normalized spacial score (nSPS) is 11.8. The minimum atomic E-state index is -3.30. The van der Waals surface area contributed by atoms with Crippen molar-refractivity contribution in [3.05, 3.63) is 60.2 Å². The highest BCUT2D eigenvalue weighted by Gasteiger charge is 2.13. The Morgan fingerprint density at radius 1 is 1.08 bits per heavy atom. The minimum absolute atomic E-state index is 0.00310. The quantitative estimate of drug-likeness (QED) is 0.581. The summed E-state index contributed by atoms with van der Waals surface area (Å²) in [6.45, 7) is 0.831. The molecular formula is C18H23N3O3S. The average molecular weight is 361 g/mol. The van der Waals surface area contributed by atoms with Crippen molar-refractivity contribution >= 4 is 15.8 Å². The van der Waals surface area contributed by atoms with Gasteiger partial charge in [-0.1, -0.05) is 30.3 Å². The van der Waals surface area contributed by atoms with Crippen LogP contribution in [-0.2, 0) is 16.4 Å². The van der Waals surface area contributed by atoms with E-state index in [1.54, 1.807) is 44.5 Å². The lowest BCUT2D eigenvalue weighted by molar-refractivity contribution is 0.414. The smallest absolute Gasteiger partial charge is 0.191 e. The van der Waals surface area contributed by atoms with Crippen molar-refractivity contribution in [2.75, 3.05) is 26.5 Å². The van der Waals surface area contributed by atoms with Gasteiger partial charge in [-0.05, 0) is 29.8 Å². The lowest BCUT2D eigenvalue weighted by Gasteiger charge is -2.12. The largest absolute Gasteiger partial charge is 0.497 e. The molecule has 0 saturated heterocycles. The van der Waals surface area contributed by atoms with Crippen LogP contribution in [0, 0.1) is 0 Å². The van der Waals surface area contributed by atoms with Crippen LogP contribution in [0.3, 0.4) is 0 Å². The van der Waals surface area contributed by atoms with Crippen molar-refractivity contribution in [1.82, 2.24) is 10.6 Å². The van der Waals surface area contributed by atoms with Gasteiger partial charge in [0.25, 0.3) is 0 Å². The van der Waals surface area contributed by atoms with E-state index in [0.29, 0.717) is 17.4 Å². The van der Waals surface area contributed by atoms with Crippen LogP contribution >= 0.6 is 0 Å². The molecule has 0 amide bonds. The highest BCUT2D eigenvalue weighted by Crippen LogP contribution is 2.12. The molecule has 2 aromatic carbocycles. The highest BCUT2D eigenvalue weighted by molar-refractivity contribution is 7.91. The predicted octanol–water partition coefficient (Wildman–Crippen LogP) is 1.83. The van der Waals surface area contributed by atoms with Crippen LogP contribution in [0.25, 0.3) is 0 Å². The fraction of sp³-hybridized carbons (Fsp3) is 0.278. The summed E-state index contributed by atoms with van der Waals surface area (Å²) in [5, 5.41) is 6.17. The number of rotatable bonds is 7. The zero-order chi connectivity index (χ0) is 18.1. The van der Waals surface area contributed by atoms with Gasteiger partial charge in [-0.15, -0.1) is 0 Å². The maximum atomic E-state index is 12.2. The Bertz CT molecular complexity index is 805. The first kappa shape index (κ1) is 18.8. The molecule has 0 bridgehead atoms. The van der Waals surface area contributed by atoms with Gasteiger partial charge in [0.05, 0.1) is 17.8 Å². The van der Waals surface area contributed by atoms with Crippen molar-refractivity contribution in [2.24, 2.45) is 4.99 Å². The van der Waals surface area contributed by atoms with Crippen molar-refractivity contribution in [1.29, 1.82) is 0 Å². The van der Waals surface area contributed by atoms with Gasteiger partial charge < -0.3 is 15.4 Å². The topological polar surface area (TPSA) is 79.8 Å². The average Bonchev–Trinajstić information content (AvgIpc) is 2.65. The second-order valence-corrected chi connectivity index (χ2v) is 7.45. The molecule has 6 nitrogen and oxygen atoms in total. The molecule has 2 rings (SSSR count). The SMILES string of the molecule is CN=C(NCCS(=O)(=O)c1ccccc1)NCc1cccc(OC)c1. The second-order valence-electron chi connectivity index (χ2n) is 5.34. The monoisotopic (exact) mass is 361 g/mol. The minimum Gasteiger partial charge on any atom is -0.497 e. The summed E-state index contributed by atoms with van der Waals surface area (Å²) in [4.78, 5) is 4.44. The summed E-state index contributed by atoms with van der Waals surface area (Å²) in [5.74, 6) is 1.33. The molecule has 0 heterocycles. The summed E-state index contributed by atoms with van der Waals surface area (Å²) in [5.41, 5.74) is 1.04. The van der Waals surface area contributed by atoms with Gasteiger partial charge in [-0.3, -0.25) is 4.99 Å². The Kier molecular flexibility index (Phi) is 6.82. The van der Waals surface area contributed by atoms with E-state index >= 15 is 0 Å². The number of ether oxygens (including phenoxy) is 1. The van der Waals surface area contributed by atoms with Crippen LogP contribution in [0.15, 0.2) is 64.5 Å². The van der Waals surface area contributed by atoms with Gasteiger partial charge in [0, 0.05) is 20.1 Å². The van der Waals surface area contributed by atoms with Crippen LogP contribution in [0.2, 0.25) is 0 Å². The number of hydrogen-bond donors (Lipinski definition) is 2. The lowest BCUT2D eigenvalue weighted by atomic mass is 10.2. The fourth-order valence-corrected chi connectivity index (χ4v) is 3.42. The summed E-state index contributed by atoms with van der Waals surface area (Å²) >= 11 is 0. The number of methoxy groups -OCH3 is 1. The van der Waals surface area contributed by atoms with E-state index in [9.17, 15) is 8.42 Å². The second kappa shape index (κ2) is 9.08. The maximum absolute atomic E-state index is 12.2. The highest BCUT2D eigenvalue weighted by atomic mass is 32.2. The van der Waals surface area contributed by atoms with Crippen molar-refractivity contribution in [3.8, 4) is 5.75 Å². The molecule has 7 heteroatoms. The molecule has 0 spiro atoms. The Hall–Kier alpha value is -2.54. The molecule has 2 aromatic rings. The number of sulfone groups is 1. The summed E-state index contributed by atoms with van der Waals surface area (Å²) < 4.78 is 29.7. The van der Waals surface area contributed by atoms with Gasteiger partial charge >= 0.3 is 0 Å². The predicted molar refractivity (Wildman–Crippen MR) is 99.7 cm³/mol. The Labute approximate surface area is 148 Å². The van der Waals surface area contributed by atoms with E-state index in [1.165, 1.54) is 0 Å². The first-order valence-electron chi connectivity index (χ1n) is 7.90.